The summed E-state index contributed by atoms with van der Waals surface area (Å²) in [4.78, 5) is 25.2. The number of carbonyl (C=O) groups is 1. The van der Waals surface area contributed by atoms with E-state index in [1.165, 1.54) is 180 Å². The van der Waals surface area contributed by atoms with E-state index in [9.17, 15) is 14.3 Å². The molecular weight excluding hydrogens is 818 g/mol. The SMILES string of the molecule is CCCCC/C=C\C/C=C\C/C=C\CCCCCCCCCOCC(COP(=O)([O-])OCC[N+](C)(C)C)OC(=O)CCCCCCCCCCCCCCCCCCCCCCCC. The molecule has 0 aliphatic heterocycles. The lowest BCUT2D eigenvalue weighted by Crippen LogP contribution is -2.37. The highest BCUT2D eigenvalue weighted by atomic mass is 31.2. The number of allylic oxidation sites excluding steroid dienone is 6. The molecule has 0 fully saturated rings. The number of phosphoric ester groups is 1. The number of quaternary nitrogens is 1. The Morgan fingerprint density at radius 3 is 1.31 bits per heavy atom. The fraction of sp³-hybridized carbons (Fsp3) is 0.873. The van der Waals surface area contributed by atoms with Gasteiger partial charge in [-0.25, -0.2) is 0 Å². The van der Waals surface area contributed by atoms with Gasteiger partial charge in [0.05, 0.1) is 34.4 Å². The van der Waals surface area contributed by atoms with Crippen LogP contribution in [0.1, 0.15) is 251 Å². The number of hydrogen-bond acceptors (Lipinski definition) is 7. The summed E-state index contributed by atoms with van der Waals surface area (Å²) in [6.07, 6.45) is 58.9. The number of phosphoric acid groups is 1. The van der Waals surface area contributed by atoms with Crippen LogP contribution >= 0.6 is 7.82 Å². The van der Waals surface area contributed by atoms with Crippen molar-refractivity contribution in [1.82, 2.24) is 0 Å². The summed E-state index contributed by atoms with van der Waals surface area (Å²) < 4.78 is 34.8. The molecule has 8 nitrogen and oxygen atoms in total. The number of esters is 1. The Hall–Kier alpha value is -1.28. The highest BCUT2D eigenvalue weighted by Crippen LogP contribution is 2.38. The van der Waals surface area contributed by atoms with Crippen molar-refractivity contribution in [2.45, 2.75) is 258 Å². The van der Waals surface area contributed by atoms with Crippen LogP contribution in [0.4, 0.5) is 0 Å². The Balaban J connectivity index is 4.10. The largest absolute Gasteiger partial charge is 0.756 e. The first-order valence-corrected chi connectivity index (χ1v) is 28.7. The Bertz CT molecular complexity index is 1120. The molecule has 2 unspecified atom stereocenters. The average Bonchev–Trinajstić information content (AvgIpc) is 3.25. The van der Waals surface area contributed by atoms with E-state index in [0.717, 1.165) is 51.4 Å². The number of hydrogen-bond donors (Lipinski definition) is 0. The third-order valence-corrected chi connectivity index (χ3v) is 12.9. The number of nitrogens with zero attached hydrogens (tertiary/aromatic N) is 1. The molecule has 378 valence electrons. The Kier molecular flexibility index (Phi) is 47.2. The lowest BCUT2D eigenvalue weighted by Gasteiger charge is -2.28. The zero-order valence-corrected chi connectivity index (χ0v) is 43.9. The molecule has 0 aromatic carbocycles. The van der Waals surface area contributed by atoms with E-state index < -0.39 is 13.9 Å². The number of carbonyl (C=O) groups excluding carboxylic acids is 1. The fourth-order valence-electron chi connectivity index (χ4n) is 7.73. The predicted octanol–water partition coefficient (Wildman–Crippen LogP) is 16.3. The van der Waals surface area contributed by atoms with Crippen LogP contribution in [0.2, 0.25) is 0 Å². The monoisotopic (exact) mass is 924 g/mol. The van der Waals surface area contributed by atoms with Gasteiger partial charge in [-0.3, -0.25) is 9.36 Å². The lowest BCUT2D eigenvalue weighted by molar-refractivity contribution is -0.870. The van der Waals surface area contributed by atoms with Crippen LogP contribution in [0, 0.1) is 0 Å². The molecule has 64 heavy (non-hydrogen) atoms. The highest BCUT2D eigenvalue weighted by molar-refractivity contribution is 7.45. The first kappa shape index (κ1) is 62.7. The Labute approximate surface area is 397 Å². The van der Waals surface area contributed by atoms with Gasteiger partial charge in [-0.15, -0.1) is 0 Å². The minimum Gasteiger partial charge on any atom is -0.756 e. The number of ether oxygens (including phenoxy) is 2. The molecule has 0 heterocycles. The molecular formula is C55H106NO7P. The van der Waals surface area contributed by atoms with Gasteiger partial charge >= 0.3 is 5.97 Å². The van der Waals surface area contributed by atoms with Crippen LogP contribution in [-0.4, -0.2) is 70.7 Å². The van der Waals surface area contributed by atoms with Gasteiger partial charge in [0, 0.05) is 13.0 Å². The number of likely N-dealkylation sites (N-methyl/N-ethyl adjacent to an activating group) is 1. The summed E-state index contributed by atoms with van der Waals surface area (Å²) in [5.41, 5.74) is 0. The molecule has 0 saturated heterocycles. The molecule has 0 aliphatic rings. The Morgan fingerprint density at radius 1 is 0.484 bits per heavy atom. The van der Waals surface area contributed by atoms with Crippen LogP contribution in [0.3, 0.4) is 0 Å². The summed E-state index contributed by atoms with van der Waals surface area (Å²) >= 11 is 0. The standard InChI is InChI=1S/C55H106NO7P/c1-6-8-10-12-14-16-18-20-22-24-26-28-29-30-32-34-36-38-40-42-44-46-48-55(57)63-54(53-62-64(58,59)61-51-49-56(3,4)5)52-60-50-47-45-43-41-39-37-35-33-31-27-25-23-21-19-17-15-13-11-9-7-2/h15,17,21,23,27,31,54H,6-14,16,18-20,22,24-26,28-30,32-53H2,1-5H3/b17-15-,23-21-,31-27-. The smallest absolute Gasteiger partial charge is 0.306 e. The minimum absolute atomic E-state index is 0.0252. The van der Waals surface area contributed by atoms with Crippen molar-refractivity contribution in [3.05, 3.63) is 36.5 Å². The molecule has 0 aromatic rings. The highest BCUT2D eigenvalue weighted by Gasteiger charge is 2.20. The van der Waals surface area contributed by atoms with Crippen molar-refractivity contribution in [1.29, 1.82) is 0 Å². The molecule has 0 radical (unpaired) electrons. The molecule has 0 aromatic heterocycles. The van der Waals surface area contributed by atoms with Gasteiger partial charge in [-0.2, -0.15) is 0 Å². The van der Waals surface area contributed by atoms with E-state index >= 15 is 0 Å². The summed E-state index contributed by atoms with van der Waals surface area (Å²) in [5, 5.41) is 0. The summed E-state index contributed by atoms with van der Waals surface area (Å²) in [5.74, 6) is -0.333. The van der Waals surface area contributed by atoms with Gasteiger partial charge in [0.2, 0.25) is 0 Å². The molecule has 0 rings (SSSR count). The first-order valence-electron chi connectivity index (χ1n) is 27.2. The van der Waals surface area contributed by atoms with E-state index in [0.29, 0.717) is 24.1 Å². The zero-order chi connectivity index (χ0) is 46.9. The van der Waals surface area contributed by atoms with Gasteiger partial charge in [0.25, 0.3) is 7.82 Å². The van der Waals surface area contributed by atoms with Crippen LogP contribution in [0.25, 0.3) is 0 Å². The maximum Gasteiger partial charge on any atom is 0.306 e. The van der Waals surface area contributed by atoms with Gasteiger partial charge in [0.1, 0.15) is 19.3 Å². The third kappa shape index (κ3) is 51.7. The van der Waals surface area contributed by atoms with Crippen LogP contribution in [0.15, 0.2) is 36.5 Å². The summed E-state index contributed by atoms with van der Waals surface area (Å²) in [6.45, 7) is 5.41. The van der Waals surface area contributed by atoms with Crippen molar-refractivity contribution in [2.75, 3.05) is 54.1 Å². The zero-order valence-electron chi connectivity index (χ0n) is 43.0. The average molecular weight is 924 g/mol. The van der Waals surface area contributed by atoms with Crippen LogP contribution in [-0.2, 0) is 27.9 Å². The lowest BCUT2D eigenvalue weighted by atomic mass is 10.0. The first-order chi connectivity index (χ1) is 31.1. The van der Waals surface area contributed by atoms with E-state index in [-0.39, 0.29) is 25.8 Å². The second-order valence-electron chi connectivity index (χ2n) is 19.6. The summed E-state index contributed by atoms with van der Waals surface area (Å²) in [6, 6.07) is 0. The summed E-state index contributed by atoms with van der Waals surface area (Å²) in [7, 11) is 1.36. The molecule has 0 spiro atoms. The van der Waals surface area contributed by atoms with Crippen molar-refractivity contribution in [3.8, 4) is 0 Å². The second-order valence-corrected chi connectivity index (χ2v) is 21.0. The predicted molar refractivity (Wildman–Crippen MR) is 273 cm³/mol. The molecule has 0 saturated carbocycles. The molecule has 2 atom stereocenters. The van der Waals surface area contributed by atoms with Gasteiger partial charge < -0.3 is 27.9 Å². The van der Waals surface area contributed by atoms with Crippen molar-refractivity contribution >= 4 is 13.8 Å². The van der Waals surface area contributed by atoms with E-state index in [2.05, 4.69) is 50.3 Å². The molecule has 0 amide bonds. The maximum absolute atomic E-state index is 12.8. The van der Waals surface area contributed by atoms with Gasteiger partial charge in [0.15, 0.2) is 0 Å². The molecule has 9 heteroatoms. The maximum atomic E-state index is 12.8. The van der Waals surface area contributed by atoms with Crippen molar-refractivity contribution in [3.63, 3.8) is 0 Å². The fourth-order valence-corrected chi connectivity index (χ4v) is 8.46. The number of unbranched alkanes of at least 4 members (excludes halogenated alkanes) is 31. The topological polar surface area (TPSA) is 94.1 Å². The van der Waals surface area contributed by atoms with Gasteiger partial charge in [-0.1, -0.05) is 230 Å². The van der Waals surface area contributed by atoms with E-state index in [4.69, 9.17) is 18.5 Å². The Morgan fingerprint density at radius 2 is 0.859 bits per heavy atom. The minimum atomic E-state index is -4.53. The molecule has 0 N–H and O–H groups in total. The van der Waals surface area contributed by atoms with Crippen LogP contribution in [0.5, 0.6) is 0 Å². The van der Waals surface area contributed by atoms with E-state index in [1.54, 1.807) is 0 Å². The molecule has 0 bridgehead atoms. The molecule has 0 aliphatic carbocycles. The quantitative estimate of drug-likeness (QED) is 0.0197. The second kappa shape index (κ2) is 48.2. The number of rotatable bonds is 51. The van der Waals surface area contributed by atoms with Crippen molar-refractivity contribution in [2.24, 2.45) is 0 Å². The van der Waals surface area contributed by atoms with Crippen molar-refractivity contribution < 1.29 is 37.3 Å². The third-order valence-electron chi connectivity index (χ3n) is 11.9. The van der Waals surface area contributed by atoms with E-state index in [1.807, 2.05) is 21.1 Å². The van der Waals surface area contributed by atoms with Gasteiger partial charge in [-0.05, 0) is 51.4 Å². The normalized spacial score (nSPS) is 13.8. The van der Waals surface area contributed by atoms with Crippen LogP contribution < -0.4 is 4.89 Å².